The summed E-state index contributed by atoms with van der Waals surface area (Å²) in [5, 5.41) is 74.1. The van der Waals surface area contributed by atoms with Crippen molar-refractivity contribution >= 4 is 65.0 Å². The van der Waals surface area contributed by atoms with Crippen LogP contribution in [0.1, 0.15) is 120 Å². The number of H-pyrrole nitrogens is 2. The van der Waals surface area contributed by atoms with E-state index in [1.54, 1.807) is 18.3 Å². The predicted molar refractivity (Wildman–Crippen MR) is 401 cm³/mol. The number of nitrogens with one attached hydrogen (secondary N) is 12. The average molecular weight is 1540 g/mol. The summed E-state index contributed by atoms with van der Waals surface area (Å²) in [7, 11) is 0. The van der Waals surface area contributed by atoms with Gasteiger partial charge < -0.3 is 89.7 Å². The average Bonchev–Trinajstić information content (AvgIpc) is 1.04. The Bertz CT molecular complexity index is 4160. The van der Waals surface area contributed by atoms with Gasteiger partial charge in [-0.3, -0.25) is 52.7 Å². The van der Waals surface area contributed by atoms with E-state index in [0.29, 0.717) is 69.5 Å². The zero-order valence-electron chi connectivity index (χ0n) is 62.9. The molecule has 598 valence electrons. The highest BCUT2D eigenvalue weighted by Gasteiger charge is 2.43. The number of amides is 11. The molecule has 0 radical (unpaired) electrons. The van der Waals surface area contributed by atoms with Gasteiger partial charge in [0.15, 0.2) is 5.82 Å². The number of nitrogens with zero attached hydrogens (tertiary/aromatic N) is 7. The molecule has 19 N–H and O–H groups in total. The van der Waals surface area contributed by atoms with Crippen LogP contribution in [0.4, 0.5) is 4.39 Å². The van der Waals surface area contributed by atoms with E-state index in [1.807, 2.05) is 61.5 Å². The van der Waals surface area contributed by atoms with Crippen molar-refractivity contribution in [1.29, 1.82) is 0 Å². The Kier molecular flexibility index (Phi) is 34.5. The fourth-order valence-corrected chi connectivity index (χ4v) is 11.5. The number of benzene rings is 4. The number of hydrogen-bond acceptors (Lipinski definition) is 21. The molecule has 2 aromatic heterocycles. The number of rotatable bonds is 46. The van der Waals surface area contributed by atoms with Crippen LogP contribution < -0.4 is 69.4 Å². The first-order valence-corrected chi connectivity index (χ1v) is 36.3. The normalized spacial score (nSPS) is 14.2. The summed E-state index contributed by atoms with van der Waals surface area (Å²) in [6, 6.07) is 14.1. The highest BCUT2D eigenvalue weighted by atomic mass is 19.1. The third kappa shape index (κ3) is 27.1. The highest BCUT2D eigenvalue weighted by molar-refractivity contribution is 6.06. The monoisotopic (exact) mass is 1540 g/mol. The summed E-state index contributed by atoms with van der Waals surface area (Å²) >= 11 is 0. The number of tetrazole rings is 1. The lowest BCUT2D eigenvalue weighted by molar-refractivity contribution is -0.143. The lowest BCUT2D eigenvalue weighted by Crippen LogP contribution is -2.67. The van der Waals surface area contributed by atoms with Gasteiger partial charge in [0.25, 0.3) is 0 Å². The first kappa shape index (κ1) is 88.1. The van der Waals surface area contributed by atoms with Crippen LogP contribution in [0.2, 0.25) is 0 Å². The number of aromatic nitrogens is 6. The summed E-state index contributed by atoms with van der Waals surface area (Å²) in [6.45, 7) is 8.65. The van der Waals surface area contributed by atoms with Crippen molar-refractivity contribution in [2.45, 2.75) is 186 Å². The molecule has 2 heterocycles. The third-order valence-electron chi connectivity index (χ3n) is 18.2. The number of primary amides is 1. The fourth-order valence-electron chi connectivity index (χ4n) is 11.5. The molecule has 10 atom stereocenters. The molecule has 11 amide bonds. The molecule has 6 rings (SSSR count). The van der Waals surface area contributed by atoms with Gasteiger partial charge in [0.2, 0.25) is 65.0 Å². The van der Waals surface area contributed by atoms with Crippen LogP contribution in [0.3, 0.4) is 0 Å². The minimum atomic E-state index is -2.35. The predicted octanol–water partition coefficient (Wildman–Crippen LogP) is -0.311. The molecule has 0 saturated carbocycles. The van der Waals surface area contributed by atoms with Crippen molar-refractivity contribution in [2.75, 3.05) is 32.8 Å². The molecule has 36 nitrogen and oxygen atoms in total. The van der Waals surface area contributed by atoms with E-state index in [-0.39, 0.29) is 37.2 Å². The summed E-state index contributed by atoms with van der Waals surface area (Å²) in [5.74, 6) is -11.5. The van der Waals surface area contributed by atoms with Crippen LogP contribution in [0.15, 0.2) is 109 Å². The number of imidazole rings is 1. The molecule has 0 spiro atoms. The maximum atomic E-state index is 15.5. The second-order valence-electron chi connectivity index (χ2n) is 27.3. The molecule has 0 bridgehead atoms. The molecule has 0 saturated heterocycles. The van der Waals surface area contributed by atoms with E-state index in [2.05, 4.69) is 93.8 Å². The number of halogens is 1. The number of aliphatic hydroxyl groups is 3. The molecule has 111 heavy (non-hydrogen) atoms. The number of carbonyl (C=O) groups is 11. The summed E-state index contributed by atoms with van der Waals surface area (Å²) in [6.07, 6.45) is 1.52. The van der Waals surface area contributed by atoms with E-state index < -0.39 is 162 Å². The minimum Gasteiger partial charge on any atom is -0.494 e. The number of carbonyl (C=O) groups excluding carboxylic acids is 11. The lowest BCUT2D eigenvalue weighted by Gasteiger charge is -2.34. The van der Waals surface area contributed by atoms with E-state index in [1.165, 1.54) is 45.3 Å². The largest absolute Gasteiger partial charge is 0.494 e. The minimum absolute atomic E-state index is 0.0531. The molecule has 6 aromatic rings. The zero-order valence-corrected chi connectivity index (χ0v) is 62.9. The Hall–Kier alpha value is -11.8. The number of aryl methyl sites for hydroxylation is 2. The van der Waals surface area contributed by atoms with Crippen molar-refractivity contribution < 1.29 is 77.2 Å². The van der Waals surface area contributed by atoms with Crippen LogP contribution in [0, 0.1) is 11.2 Å². The van der Waals surface area contributed by atoms with Gasteiger partial charge in [0.05, 0.1) is 38.3 Å². The number of azide groups is 1. The van der Waals surface area contributed by atoms with Gasteiger partial charge in [-0.05, 0) is 142 Å². The topological polar surface area (TPSA) is 562 Å². The van der Waals surface area contributed by atoms with Crippen molar-refractivity contribution in [2.24, 2.45) is 22.0 Å². The van der Waals surface area contributed by atoms with Gasteiger partial charge in [-0.1, -0.05) is 97.0 Å². The molecular weight excluding hydrogens is 1440 g/mol. The third-order valence-corrected chi connectivity index (χ3v) is 18.2. The second kappa shape index (κ2) is 43.4. The number of hydrogen-bond donors (Lipinski definition) is 17. The zero-order chi connectivity index (χ0) is 81.4. The highest BCUT2D eigenvalue weighted by Crippen LogP contribution is 2.29. The summed E-state index contributed by atoms with van der Waals surface area (Å²) in [4.78, 5) is 163. The van der Waals surface area contributed by atoms with E-state index in [0.717, 1.165) is 60.3 Å². The molecule has 0 aliphatic heterocycles. The Morgan fingerprint density at radius 2 is 1.32 bits per heavy atom. The number of aliphatic hydroxyl groups excluding tert-OH is 3. The summed E-state index contributed by atoms with van der Waals surface area (Å²) in [5.41, 5.74) is 21.8. The lowest BCUT2D eigenvalue weighted by atomic mass is 9.90. The quantitative estimate of drug-likeness (QED) is 0.00766. The van der Waals surface area contributed by atoms with Crippen LogP contribution in [0.5, 0.6) is 5.75 Å². The van der Waals surface area contributed by atoms with Crippen LogP contribution in [0.25, 0.3) is 21.6 Å². The summed E-state index contributed by atoms with van der Waals surface area (Å²) < 4.78 is 21.5. The van der Waals surface area contributed by atoms with Gasteiger partial charge >= 0.3 is 0 Å². The maximum absolute atomic E-state index is 15.5. The Labute approximate surface area is 639 Å². The molecular formula is C74H100FN21O15. The molecule has 37 heteroatoms. The molecule has 0 unspecified atom stereocenters. The molecule has 0 aliphatic rings. The van der Waals surface area contributed by atoms with Crippen molar-refractivity contribution in [3.05, 3.63) is 159 Å². The molecule has 0 fully saturated rings. The van der Waals surface area contributed by atoms with Gasteiger partial charge in [-0.25, -0.2) is 9.37 Å². The van der Waals surface area contributed by atoms with Gasteiger partial charge in [-0.2, -0.15) is 5.21 Å². The van der Waals surface area contributed by atoms with Crippen molar-refractivity contribution in [1.82, 2.24) is 83.8 Å². The SMILES string of the molecule is CCc1cc(OCCCCN=[N+]=[N-])ccc1-c1ccc(C[C@H](NC(=O)[C@H](CC)NC(=O)[C@H](CO)NC(=O)[C@@H](NC(=O)[C@](C)(Cc2ccccc2F)NC(=O)[C@@H](NC(=O)CNC(=O)[C@H](Cc2nn[nH]n2)NC(=O)C(C)(C)C(=O)NCCc2cnc[nH]2)[C@@H](C)O)[C@@H](C)O)C(=O)N[C@@H](CCCc2ccc(CN)cc2)C(N)=O)cc1. The van der Waals surface area contributed by atoms with Crippen LogP contribution in [-0.4, -0.2) is 204 Å². The van der Waals surface area contributed by atoms with E-state index in [9.17, 15) is 68.1 Å². The Morgan fingerprint density at radius 1 is 0.676 bits per heavy atom. The van der Waals surface area contributed by atoms with Gasteiger partial charge in [-0.15, -0.1) is 10.2 Å². The maximum Gasteiger partial charge on any atom is 0.246 e. The molecule has 4 aromatic carbocycles. The van der Waals surface area contributed by atoms with Gasteiger partial charge in [0, 0.05) is 62.1 Å². The standard InChI is InChI=1S/C74H100FN21O15/c1-8-47-34-51(111-32-13-12-30-83-94-78)27-28-52(47)48-25-23-45(24-26-48)33-56(66(104)85-55(63(77)101)18-14-15-44-19-21-46(37-76)22-20-44)86-65(103)54(9-2)84-67(105)58(40-97)87-68(106)61(42(3)98)90-72(110)74(7,36-49-16-10-11-17-53(49)75)91-69(107)62(43(4)99)89-60(100)39-81-64(102)57(35-59-92-95-96-93-59)88-71(109)73(5,6)70(108)80-31-29-50-38-79-41-82-50/h10-11,16-17,19-28,34,38,41-43,54-58,61-62,97-99H,8-9,12-15,18,29-33,35-37,39-40,76H2,1-7H3,(H2,77,101)(H,79,82)(H,80,108)(H,81,102)(H,84,105)(H,85,104)(H,86,103)(H,87,106)(H,88,109)(H,89,100)(H,90,110)(H,91,107)(H,92,93,95,96)/t42-,43-,54+,55+,56+,57+,58+,61+,62+,74+/m1/s1. The Morgan fingerprint density at radius 3 is 1.94 bits per heavy atom. The number of nitrogens with two attached hydrogens (primary N) is 2. The fraction of sp³-hybridized carbons (Fsp3) is 0.473. The van der Waals surface area contributed by atoms with E-state index >= 15 is 4.39 Å². The number of aromatic amines is 2. The Balaban J connectivity index is 1.14. The number of unbranched alkanes of at least 4 members (excludes halogenated alkanes) is 1. The van der Waals surface area contributed by atoms with Crippen LogP contribution >= 0.6 is 0 Å². The first-order valence-electron chi connectivity index (χ1n) is 36.3. The van der Waals surface area contributed by atoms with Crippen molar-refractivity contribution in [3.8, 4) is 16.9 Å². The smallest absolute Gasteiger partial charge is 0.246 e. The second-order valence-corrected chi connectivity index (χ2v) is 27.3. The van der Waals surface area contributed by atoms with Crippen LogP contribution in [-0.2, 0) is 97.8 Å². The van der Waals surface area contributed by atoms with Gasteiger partial charge in [0.1, 0.15) is 64.8 Å². The first-order chi connectivity index (χ1) is 52.9. The van der Waals surface area contributed by atoms with E-state index in [4.69, 9.17) is 21.7 Å². The van der Waals surface area contributed by atoms with Crippen molar-refractivity contribution in [3.63, 3.8) is 0 Å². The number of ether oxygens (including phenoxy) is 1. The molecule has 0 aliphatic carbocycles.